The van der Waals surface area contributed by atoms with Crippen LogP contribution in [-0.4, -0.2) is 23.2 Å². The summed E-state index contributed by atoms with van der Waals surface area (Å²) in [5, 5.41) is 17.9. The number of carbonyl (C=O) groups excluding carboxylic acids is 1. The summed E-state index contributed by atoms with van der Waals surface area (Å²) in [6.45, 7) is 4.63. The van der Waals surface area contributed by atoms with Crippen molar-refractivity contribution < 1.29 is 4.79 Å². The summed E-state index contributed by atoms with van der Waals surface area (Å²) in [6.07, 6.45) is 1.85. The molecule has 1 amide bonds. The average Bonchev–Trinajstić information content (AvgIpc) is 3.12. The summed E-state index contributed by atoms with van der Waals surface area (Å²) < 4.78 is 0. The van der Waals surface area contributed by atoms with E-state index in [2.05, 4.69) is 13.0 Å². The molecule has 0 radical (unpaired) electrons. The Morgan fingerprint density at radius 1 is 1.33 bits per heavy atom. The van der Waals surface area contributed by atoms with Crippen LogP contribution in [0.15, 0.2) is 24.3 Å². The van der Waals surface area contributed by atoms with Crippen LogP contribution in [0.1, 0.15) is 36.8 Å². The van der Waals surface area contributed by atoms with E-state index in [1.54, 1.807) is 0 Å². The largest absolute Gasteiger partial charge is 0.299 e. The molecule has 4 nitrogen and oxygen atoms in total. The Kier molecular flexibility index (Phi) is 3.09. The Bertz CT molecular complexity index is 643. The summed E-state index contributed by atoms with van der Waals surface area (Å²) >= 11 is 0. The van der Waals surface area contributed by atoms with Gasteiger partial charge < -0.3 is 0 Å². The SMILES string of the molecule is CCCCN1C(=N)[C@]2(C#N)[C@H](C1=O)[C@H]2c1ccc(C)cc1. The third kappa shape index (κ3) is 1.73. The quantitative estimate of drug-likeness (QED) is 0.922. The van der Waals surface area contributed by atoms with Crippen molar-refractivity contribution in [3.8, 4) is 6.07 Å². The Hall–Kier alpha value is -2.15. The third-order valence-corrected chi connectivity index (χ3v) is 4.76. The van der Waals surface area contributed by atoms with Crippen molar-refractivity contribution in [1.29, 1.82) is 10.7 Å². The molecule has 3 atom stereocenters. The molecular weight excluding hydrogens is 262 g/mol. The number of unbranched alkanes of at least 4 members (excludes halogenated alkanes) is 1. The molecule has 1 heterocycles. The molecule has 2 aliphatic rings. The van der Waals surface area contributed by atoms with Crippen molar-refractivity contribution in [1.82, 2.24) is 4.90 Å². The first kappa shape index (κ1) is 13.8. The molecule has 1 saturated heterocycles. The van der Waals surface area contributed by atoms with Gasteiger partial charge in [0.1, 0.15) is 11.3 Å². The molecule has 1 saturated carbocycles. The minimum Gasteiger partial charge on any atom is -0.299 e. The summed E-state index contributed by atoms with van der Waals surface area (Å²) in [5.41, 5.74) is 1.24. The number of benzene rings is 1. The van der Waals surface area contributed by atoms with Crippen molar-refractivity contribution in [3.05, 3.63) is 35.4 Å². The number of piperidine rings is 1. The van der Waals surface area contributed by atoms with E-state index in [0.29, 0.717) is 6.54 Å². The van der Waals surface area contributed by atoms with Gasteiger partial charge in [0.25, 0.3) is 0 Å². The molecule has 21 heavy (non-hydrogen) atoms. The number of aryl methyl sites for hydroxylation is 1. The first-order valence-corrected chi connectivity index (χ1v) is 7.46. The Labute approximate surface area is 124 Å². The van der Waals surface area contributed by atoms with Gasteiger partial charge in [-0.1, -0.05) is 43.2 Å². The Balaban J connectivity index is 1.90. The maximum Gasteiger partial charge on any atom is 0.233 e. The third-order valence-electron chi connectivity index (χ3n) is 4.76. The van der Waals surface area contributed by atoms with Crippen LogP contribution in [0.5, 0.6) is 0 Å². The first-order chi connectivity index (χ1) is 10.1. The van der Waals surface area contributed by atoms with Gasteiger partial charge >= 0.3 is 0 Å². The second-order valence-corrected chi connectivity index (χ2v) is 6.04. The van der Waals surface area contributed by atoms with Crippen LogP contribution in [0.2, 0.25) is 0 Å². The number of fused-ring (bicyclic) bond motifs is 1. The predicted molar refractivity (Wildman–Crippen MR) is 79.8 cm³/mol. The standard InChI is InChI=1S/C17H19N3O/c1-3-4-9-20-15(21)14-13(17(14,10-18)16(20)19)12-7-5-11(2)6-8-12/h5-8,13-14,19H,3-4,9H2,1-2H3/t13-,14+,17+/m1/s1. The van der Waals surface area contributed by atoms with E-state index >= 15 is 0 Å². The van der Waals surface area contributed by atoms with Gasteiger partial charge in [-0.2, -0.15) is 5.26 Å². The number of nitrogens with one attached hydrogen (secondary N) is 1. The average molecular weight is 281 g/mol. The van der Waals surface area contributed by atoms with E-state index in [1.807, 2.05) is 31.2 Å². The summed E-state index contributed by atoms with van der Waals surface area (Å²) in [5.74, 6) is -0.324. The van der Waals surface area contributed by atoms with E-state index in [4.69, 9.17) is 5.41 Å². The second kappa shape index (κ2) is 4.70. The van der Waals surface area contributed by atoms with E-state index < -0.39 is 5.41 Å². The number of amidine groups is 1. The highest BCUT2D eigenvalue weighted by Gasteiger charge is 2.78. The summed E-state index contributed by atoms with van der Waals surface area (Å²) in [4.78, 5) is 14.0. The molecular formula is C17H19N3O. The van der Waals surface area contributed by atoms with E-state index in [-0.39, 0.29) is 23.6 Å². The van der Waals surface area contributed by atoms with Gasteiger partial charge in [-0.25, -0.2) is 0 Å². The van der Waals surface area contributed by atoms with Crippen LogP contribution in [-0.2, 0) is 4.79 Å². The maximum absolute atomic E-state index is 12.5. The Morgan fingerprint density at radius 2 is 2.00 bits per heavy atom. The molecule has 1 aromatic rings. The van der Waals surface area contributed by atoms with Crippen molar-refractivity contribution in [2.24, 2.45) is 11.3 Å². The molecule has 108 valence electrons. The van der Waals surface area contributed by atoms with Crippen LogP contribution < -0.4 is 0 Å². The highest BCUT2D eigenvalue weighted by molar-refractivity contribution is 6.16. The lowest BCUT2D eigenvalue weighted by Crippen LogP contribution is -2.36. The number of carbonyl (C=O) groups is 1. The highest BCUT2D eigenvalue weighted by atomic mass is 16.2. The zero-order valence-corrected chi connectivity index (χ0v) is 12.4. The zero-order chi connectivity index (χ0) is 15.2. The van der Waals surface area contributed by atoms with Gasteiger partial charge in [0.2, 0.25) is 5.91 Å². The van der Waals surface area contributed by atoms with Crippen molar-refractivity contribution in [3.63, 3.8) is 0 Å². The van der Waals surface area contributed by atoms with Gasteiger partial charge in [0, 0.05) is 12.5 Å². The molecule has 3 rings (SSSR count). The Morgan fingerprint density at radius 3 is 2.52 bits per heavy atom. The number of hydrogen-bond donors (Lipinski definition) is 1. The normalized spacial score (nSPS) is 30.2. The van der Waals surface area contributed by atoms with Crippen molar-refractivity contribution in [2.45, 2.75) is 32.6 Å². The van der Waals surface area contributed by atoms with Crippen LogP contribution >= 0.6 is 0 Å². The minimum atomic E-state index is -0.917. The number of nitrogens with zero attached hydrogens (tertiary/aromatic N) is 2. The summed E-state index contributed by atoms with van der Waals surface area (Å²) in [6, 6.07) is 10.2. The summed E-state index contributed by atoms with van der Waals surface area (Å²) in [7, 11) is 0. The topological polar surface area (TPSA) is 68.0 Å². The molecule has 0 bridgehead atoms. The highest BCUT2D eigenvalue weighted by Crippen LogP contribution is 2.69. The monoisotopic (exact) mass is 281 g/mol. The molecule has 0 spiro atoms. The fraction of sp³-hybridized carbons (Fsp3) is 0.471. The zero-order valence-electron chi connectivity index (χ0n) is 12.4. The van der Waals surface area contributed by atoms with Gasteiger partial charge in [0.05, 0.1) is 12.0 Å². The number of likely N-dealkylation sites (tertiary alicyclic amines) is 1. The van der Waals surface area contributed by atoms with E-state index in [0.717, 1.165) is 24.0 Å². The van der Waals surface area contributed by atoms with Crippen LogP contribution in [0.3, 0.4) is 0 Å². The molecule has 0 aromatic heterocycles. The van der Waals surface area contributed by atoms with E-state index in [1.165, 1.54) is 4.90 Å². The second-order valence-electron chi connectivity index (χ2n) is 6.04. The molecule has 1 aromatic carbocycles. The lowest BCUT2D eigenvalue weighted by molar-refractivity contribution is -0.127. The van der Waals surface area contributed by atoms with Gasteiger partial charge in [0.15, 0.2) is 0 Å². The van der Waals surface area contributed by atoms with Crippen molar-refractivity contribution in [2.75, 3.05) is 6.54 Å². The lowest BCUT2D eigenvalue weighted by atomic mass is 9.98. The molecule has 1 N–H and O–H groups in total. The van der Waals surface area contributed by atoms with Gasteiger partial charge in [-0.3, -0.25) is 15.1 Å². The predicted octanol–water partition coefficient (Wildman–Crippen LogP) is 2.84. The smallest absolute Gasteiger partial charge is 0.233 e. The molecule has 1 aliphatic carbocycles. The first-order valence-electron chi connectivity index (χ1n) is 7.46. The molecule has 2 fully saturated rings. The number of hydrogen-bond acceptors (Lipinski definition) is 3. The van der Waals surface area contributed by atoms with Crippen molar-refractivity contribution >= 4 is 11.7 Å². The van der Waals surface area contributed by atoms with E-state index in [9.17, 15) is 10.1 Å². The molecule has 1 aliphatic heterocycles. The van der Waals surface area contributed by atoms with Crippen LogP contribution in [0.25, 0.3) is 0 Å². The van der Waals surface area contributed by atoms with Gasteiger partial charge in [-0.05, 0) is 18.9 Å². The molecule has 0 unspecified atom stereocenters. The van der Waals surface area contributed by atoms with Crippen LogP contribution in [0.4, 0.5) is 0 Å². The van der Waals surface area contributed by atoms with Gasteiger partial charge in [-0.15, -0.1) is 0 Å². The number of amides is 1. The lowest BCUT2D eigenvalue weighted by Gasteiger charge is -2.22. The fourth-order valence-electron chi connectivity index (χ4n) is 3.48. The minimum absolute atomic E-state index is 0.0411. The maximum atomic E-state index is 12.5. The molecule has 4 heteroatoms. The number of rotatable bonds is 4. The number of nitriles is 1. The van der Waals surface area contributed by atoms with Crippen LogP contribution in [0, 0.1) is 35.0 Å². The fourth-order valence-corrected chi connectivity index (χ4v) is 3.48.